The first kappa shape index (κ1) is 18.4. The lowest BCUT2D eigenvalue weighted by molar-refractivity contribution is 0.0693. The number of aromatic nitrogens is 2. The van der Waals surface area contributed by atoms with Crippen molar-refractivity contribution in [3.05, 3.63) is 71.7 Å². The number of likely N-dealkylation sites (tertiary alicyclic amines) is 1. The van der Waals surface area contributed by atoms with Crippen molar-refractivity contribution in [2.24, 2.45) is 0 Å². The molecule has 4 aromatic rings. The van der Waals surface area contributed by atoms with Gasteiger partial charge in [-0.1, -0.05) is 18.2 Å². The van der Waals surface area contributed by atoms with Crippen molar-refractivity contribution in [2.45, 2.75) is 25.4 Å². The molecule has 1 aliphatic heterocycles. The first-order valence-electron chi connectivity index (χ1n) is 9.92. The van der Waals surface area contributed by atoms with Crippen molar-refractivity contribution in [3.63, 3.8) is 0 Å². The average Bonchev–Trinajstić information content (AvgIpc) is 3.47. The highest BCUT2D eigenvalue weighted by Crippen LogP contribution is 2.34. The van der Waals surface area contributed by atoms with E-state index in [1.807, 2.05) is 36.4 Å². The van der Waals surface area contributed by atoms with Crippen molar-refractivity contribution < 1.29 is 19.4 Å². The number of carboxylic acids is 1. The molecule has 2 aromatic carbocycles. The largest absolute Gasteiger partial charge is 0.507 e. The third-order valence-corrected chi connectivity index (χ3v) is 5.62. The number of imidazole rings is 1. The maximum Gasteiger partial charge on any atom is 0.339 e. The number of carboxylic acid groups (broad SMARTS) is 1. The molecular formula is C23H21N3O4. The van der Waals surface area contributed by atoms with Crippen LogP contribution in [0.5, 0.6) is 5.75 Å². The molecule has 30 heavy (non-hydrogen) atoms. The van der Waals surface area contributed by atoms with Crippen LogP contribution in [-0.2, 0) is 6.54 Å². The molecule has 152 valence electrons. The Morgan fingerprint density at radius 3 is 2.87 bits per heavy atom. The highest BCUT2D eigenvalue weighted by molar-refractivity contribution is 5.91. The van der Waals surface area contributed by atoms with Crippen molar-refractivity contribution in [3.8, 4) is 17.1 Å². The number of hydrogen-bond donors (Lipinski definition) is 3. The minimum Gasteiger partial charge on any atom is -0.507 e. The molecule has 1 fully saturated rings. The van der Waals surface area contributed by atoms with Crippen molar-refractivity contribution in [1.82, 2.24) is 14.9 Å². The van der Waals surface area contributed by atoms with Gasteiger partial charge in [0.05, 0.1) is 23.6 Å². The van der Waals surface area contributed by atoms with Gasteiger partial charge in [-0.25, -0.2) is 9.78 Å². The zero-order valence-electron chi connectivity index (χ0n) is 16.2. The number of nitrogens with one attached hydrogen (secondary N) is 1. The molecule has 1 saturated heterocycles. The van der Waals surface area contributed by atoms with Crippen LogP contribution >= 0.6 is 0 Å². The van der Waals surface area contributed by atoms with Gasteiger partial charge in [0.15, 0.2) is 0 Å². The molecule has 7 heteroatoms. The maximum absolute atomic E-state index is 11.1. The Kier molecular flexibility index (Phi) is 4.52. The summed E-state index contributed by atoms with van der Waals surface area (Å²) in [7, 11) is 0. The number of rotatable bonds is 5. The van der Waals surface area contributed by atoms with E-state index < -0.39 is 5.97 Å². The summed E-state index contributed by atoms with van der Waals surface area (Å²) in [5, 5.41) is 19.0. The molecule has 3 N–H and O–H groups in total. The molecule has 0 amide bonds. The van der Waals surface area contributed by atoms with E-state index in [-0.39, 0.29) is 17.4 Å². The van der Waals surface area contributed by atoms with Crippen LogP contribution in [0.2, 0.25) is 0 Å². The molecule has 0 unspecified atom stereocenters. The molecule has 1 atom stereocenters. The van der Waals surface area contributed by atoms with Crippen LogP contribution in [0.3, 0.4) is 0 Å². The average molecular weight is 403 g/mol. The number of para-hydroxylation sites is 2. The van der Waals surface area contributed by atoms with Crippen molar-refractivity contribution >= 4 is 17.0 Å². The number of fused-ring (bicyclic) bond motifs is 1. The van der Waals surface area contributed by atoms with Crippen LogP contribution in [0.25, 0.3) is 22.4 Å². The van der Waals surface area contributed by atoms with Crippen LogP contribution in [0.4, 0.5) is 0 Å². The lowest BCUT2D eigenvalue weighted by atomic mass is 10.1. The number of phenols is 1. The summed E-state index contributed by atoms with van der Waals surface area (Å²) < 4.78 is 6.00. The summed E-state index contributed by atoms with van der Waals surface area (Å²) in [5.41, 5.74) is 2.53. The quantitative estimate of drug-likeness (QED) is 0.451. The smallest absolute Gasteiger partial charge is 0.339 e. The molecule has 2 aromatic heterocycles. The van der Waals surface area contributed by atoms with E-state index >= 15 is 0 Å². The normalized spacial score (nSPS) is 17.0. The number of hydrogen-bond acceptors (Lipinski definition) is 5. The Labute approximate surface area is 172 Å². The van der Waals surface area contributed by atoms with Crippen LogP contribution in [-0.4, -0.2) is 37.6 Å². The summed E-state index contributed by atoms with van der Waals surface area (Å²) in [4.78, 5) is 21.6. The van der Waals surface area contributed by atoms with E-state index in [9.17, 15) is 9.90 Å². The third kappa shape index (κ3) is 3.33. The molecule has 0 saturated carbocycles. The number of furan rings is 1. The minimum atomic E-state index is -1.16. The second kappa shape index (κ2) is 7.35. The number of H-pyrrole nitrogens is 1. The Bertz CT molecular complexity index is 1190. The Morgan fingerprint density at radius 2 is 2.07 bits per heavy atom. The Balaban J connectivity index is 1.35. The SMILES string of the molecule is O=C(O)c1ccc(-c2ccc(CN3CCC[C@H]3c3nc4ccccc4[nH]3)o2)cc1O. The first-order chi connectivity index (χ1) is 14.6. The van der Waals surface area contributed by atoms with Gasteiger partial charge in [-0.2, -0.15) is 0 Å². The van der Waals surface area contributed by atoms with Gasteiger partial charge in [0.25, 0.3) is 0 Å². The van der Waals surface area contributed by atoms with Crippen LogP contribution in [0.1, 0.15) is 40.8 Å². The highest BCUT2D eigenvalue weighted by Gasteiger charge is 2.29. The van der Waals surface area contributed by atoms with Gasteiger partial charge in [-0.3, -0.25) is 4.90 Å². The molecular weight excluding hydrogens is 382 g/mol. The summed E-state index contributed by atoms with van der Waals surface area (Å²) in [6.45, 7) is 1.62. The molecule has 5 rings (SSSR count). The van der Waals surface area contributed by atoms with E-state index in [1.54, 1.807) is 6.07 Å². The minimum absolute atomic E-state index is 0.128. The molecule has 1 aliphatic rings. The predicted molar refractivity (Wildman–Crippen MR) is 111 cm³/mol. The maximum atomic E-state index is 11.1. The van der Waals surface area contributed by atoms with Crippen molar-refractivity contribution in [2.75, 3.05) is 6.54 Å². The van der Waals surface area contributed by atoms with Gasteiger partial charge in [-0.05, 0) is 55.8 Å². The van der Waals surface area contributed by atoms with Crippen LogP contribution in [0, 0.1) is 0 Å². The monoisotopic (exact) mass is 403 g/mol. The van der Waals surface area contributed by atoms with Gasteiger partial charge in [0.2, 0.25) is 0 Å². The second-order valence-corrected chi connectivity index (χ2v) is 7.57. The number of aromatic amines is 1. The topological polar surface area (TPSA) is 103 Å². The third-order valence-electron chi connectivity index (χ3n) is 5.62. The second-order valence-electron chi connectivity index (χ2n) is 7.57. The van der Waals surface area contributed by atoms with Crippen molar-refractivity contribution in [1.29, 1.82) is 0 Å². The van der Waals surface area contributed by atoms with Gasteiger partial charge < -0.3 is 19.6 Å². The fourth-order valence-corrected chi connectivity index (χ4v) is 4.14. The summed E-state index contributed by atoms with van der Waals surface area (Å²) in [6, 6.07) is 16.5. The first-order valence-corrected chi connectivity index (χ1v) is 9.92. The van der Waals surface area contributed by atoms with Crippen LogP contribution in [0.15, 0.2) is 59.0 Å². The number of aromatic hydroxyl groups is 1. The number of carbonyl (C=O) groups is 1. The van der Waals surface area contributed by atoms with E-state index in [0.717, 1.165) is 42.0 Å². The van der Waals surface area contributed by atoms with E-state index in [4.69, 9.17) is 14.5 Å². The number of benzene rings is 2. The fraction of sp³-hybridized carbons (Fsp3) is 0.217. The molecule has 0 spiro atoms. The molecule has 3 heterocycles. The van der Waals surface area contributed by atoms with E-state index in [2.05, 4.69) is 9.88 Å². The zero-order valence-corrected chi connectivity index (χ0v) is 16.2. The predicted octanol–water partition coefficient (Wildman–Crippen LogP) is 4.56. The molecule has 0 bridgehead atoms. The van der Waals surface area contributed by atoms with Gasteiger partial charge in [0, 0.05) is 5.56 Å². The van der Waals surface area contributed by atoms with E-state index in [0.29, 0.717) is 17.9 Å². The lowest BCUT2D eigenvalue weighted by Gasteiger charge is -2.21. The fourth-order valence-electron chi connectivity index (χ4n) is 4.14. The highest BCUT2D eigenvalue weighted by atomic mass is 16.4. The lowest BCUT2D eigenvalue weighted by Crippen LogP contribution is -2.23. The molecule has 7 nitrogen and oxygen atoms in total. The zero-order chi connectivity index (χ0) is 20.7. The Morgan fingerprint density at radius 1 is 1.20 bits per heavy atom. The summed E-state index contributed by atoms with van der Waals surface area (Å²) in [6.07, 6.45) is 2.14. The standard InChI is InChI=1S/C23H21N3O4/c27-20-12-14(7-9-16(20)23(28)29)21-10-8-15(30-21)13-26-11-3-6-19(26)22-24-17-4-1-2-5-18(17)25-22/h1-2,4-5,7-10,12,19,27H,3,6,11,13H2,(H,24,25)(H,28,29)/t19-/m0/s1. The number of nitrogens with zero attached hydrogens (tertiary/aromatic N) is 2. The summed E-state index contributed by atoms with van der Waals surface area (Å²) >= 11 is 0. The van der Waals surface area contributed by atoms with E-state index in [1.165, 1.54) is 12.1 Å². The van der Waals surface area contributed by atoms with Crippen LogP contribution < -0.4 is 0 Å². The van der Waals surface area contributed by atoms with Gasteiger partial charge >= 0.3 is 5.97 Å². The Hall–Kier alpha value is -3.58. The van der Waals surface area contributed by atoms with Gasteiger partial charge in [-0.15, -0.1) is 0 Å². The van der Waals surface area contributed by atoms with Gasteiger partial charge in [0.1, 0.15) is 28.7 Å². The molecule has 0 aliphatic carbocycles. The number of aromatic carboxylic acids is 1. The summed E-state index contributed by atoms with van der Waals surface area (Å²) in [5.74, 6) is 0.952. The molecule has 0 radical (unpaired) electrons.